The van der Waals surface area contributed by atoms with Crippen molar-refractivity contribution in [2.75, 3.05) is 0 Å². The van der Waals surface area contributed by atoms with Crippen molar-refractivity contribution in [3.63, 3.8) is 0 Å². The number of allylic oxidation sites excluding steroid dienone is 1. The second kappa shape index (κ2) is 4.92. The molecule has 0 amide bonds. The fraction of sp³-hybridized carbons (Fsp3) is 0.150. The number of aromatic amines is 1. The predicted octanol–water partition coefficient (Wildman–Crippen LogP) is 2.47. The molecule has 28 heavy (non-hydrogen) atoms. The van der Waals surface area contributed by atoms with Crippen LogP contribution in [0.25, 0.3) is 11.0 Å². The molecule has 3 N–H and O–H groups in total. The van der Waals surface area contributed by atoms with E-state index in [0.29, 0.717) is 33.5 Å². The number of benzene rings is 2. The Morgan fingerprint density at radius 2 is 1.89 bits per heavy atom. The van der Waals surface area contributed by atoms with Gasteiger partial charge in [0.15, 0.2) is 5.60 Å². The summed E-state index contributed by atoms with van der Waals surface area (Å²) in [5.41, 5.74) is 1.70. The highest BCUT2D eigenvalue weighted by molar-refractivity contribution is 5.99. The van der Waals surface area contributed by atoms with E-state index < -0.39 is 23.6 Å². The highest BCUT2D eigenvalue weighted by atomic mass is 16.6. The fourth-order valence-electron chi connectivity index (χ4n) is 4.42. The summed E-state index contributed by atoms with van der Waals surface area (Å²) in [7, 11) is 0. The van der Waals surface area contributed by atoms with Crippen molar-refractivity contribution >= 4 is 17.0 Å². The predicted molar refractivity (Wildman–Crippen MR) is 95.9 cm³/mol. The van der Waals surface area contributed by atoms with Gasteiger partial charge in [0.25, 0.3) is 0 Å². The number of hydrogen-bond acceptors (Lipinski definition) is 7. The lowest BCUT2D eigenvalue weighted by molar-refractivity contribution is -0.0423. The van der Waals surface area contributed by atoms with E-state index in [9.17, 15) is 15.0 Å². The average molecular weight is 375 g/mol. The highest BCUT2D eigenvalue weighted by Gasteiger charge is 2.58. The van der Waals surface area contributed by atoms with Crippen molar-refractivity contribution < 1.29 is 24.5 Å². The van der Waals surface area contributed by atoms with Crippen LogP contribution < -0.4 is 4.74 Å². The summed E-state index contributed by atoms with van der Waals surface area (Å²) in [6, 6.07) is 8.17. The molecule has 6 rings (SSSR count). The minimum Gasteiger partial charge on any atom is -0.508 e. The first-order valence-electron chi connectivity index (χ1n) is 8.74. The lowest BCUT2D eigenvalue weighted by Crippen LogP contribution is -2.48. The molecular formula is C20H13N3O5. The topological polar surface area (TPSA) is 118 Å². The molecule has 0 saturated carbocycles. The minimum atomic E-state index is -1.17. The molecule has 3 aliphatic rings. The van der Waals surface area contributed by atoms with Crippen molar-refractivity contribution in [3.05, 3.63) is 71.0 Å². The molecule has 1 aromatic heterocycles. The number of aliphatic hydroxyl groups is 1. The molecule has 0 saturated heterocycles. The summed E-state index contributed by atoms with van der Waals surface area (Å²) in [6.07, 6.45) is 4.34. The Balaban J connectivity index is 1.70. The number of rotatable bonds is 0. The van der Waals surface area contributed by atoms with E-state index >= 15 is 0 Å². The Hall–Kier alpha value is -3.81. The molecule has 138 valence electrons. The van der Waals surface area contributed by atoms with E-state index in [4.69, 9.17) is 9.47 Å². The van der Waals surface area contributed by atoms with E-state index in [-0.39, 0.29) is 11.5 Å². The maximum absolute atomic E-state index is 12.9. The van der Waals surface area contributed by atoms with Crippen LogP contribution in [0.4, 0.5) is 0 Å². The van der Waals surface area contributed by atoms with Gasteiger partial charge in [0, 0.05) is 17.2 Å². The molecular weight excluding hydrogens is 362 g/mol. The first kappa shape index (κ1) is 15.3. The van der Waals surface area contributed by atoms with Crippen molar-refractivity contribution in [2.45, 2.75) is 11.7 Å². The van der Waals surface area contributed by atoms with Crippen LogP contribution in [0.3, 0.4) is 0 Å². The number of aromatic nitrogens is 3. The lowest BCUT2D eigenvalue weighted by atomic mass is 9.70. The molecule has 3 atom stereocenters. The van der Waals surface area contributed by atoms with E-state index in [1.54, 1.807) is 36.4 Å². The second-order valence-corrected chi connectivity index (χ2v) is 7.07. The van der Waals surface area contributed by atoms with Crippen molar-refractivity contribution in [1.29, 1.82) is 0 Å². The zero-order valence-electron chi connectivity index (χ0n) is 14.3. The fourth-order valence-corrected chi connectivity index (χ4v) is 4.42. The monoisotopic (exact) mass is 375 g/mol. The number of carbonyl (C=O) groups is 1. The lowest BCUT2D eigenvalue weighted by Gasteiger charge is -2.44. The van der Waals surface area contributed by atoms with Gasteiger partial charge >= 0.3 is 5.97 Å². The van der Waals surface area contributed by atoms with Gasteiger partial charge in [0.2, 0.25) is 0 Å². The summed E-state index contributed by atoms with van der Waals surface area (Å²) < 4.78 is 12.1. The van der Waals surface area contributed by atoms with Gasteiger partial charge in [-0.2, -0.15) is 15.4 Å². The second-order valence-electron chi connectivity index (χ2n) is 7.07. The molecule has 0 radical (unpaired) electrons. The third-order valence-corrected chi connectivity index (χ3v) is 5.59. The Bertz CT molecular complexity index is 1240. The third kappa shape index (κ3) is 1.76. The molecule has 0 bridgehead atoms. The van der Waals surface area contributed by atoms with E-state index in [1.165, 1.54) is 12.1 Å². The van der Waals surface area contributed by atoms with Crippen LogP contribution in [0.15, 0.2) is 54.3 Å². The number of aliphatic hydroxyl groups excluding tert-OH is 1. The number of nitrogens with zero attached hydrogens (tertiary/aromatic N) is 2. The Kier molecular flexibility index (Phi) is 2.68. The SMILES string of the molecule is O=C1OC2(c3ccc(O)cc3OC3C=C(O)C=CC32)c2cc3n[nH]nc3cc21. The summed E-state index contributed by atoms with van der Waals surface area (Å²) in [6.45, 7) is 0. The average Bonchev–Trinajstić information content (AvgIpc) is 3.23. The molecule has 3 heterocycles. The molecule has 3 unspecified atom stereocenters. The van der Waals surface area contributed by atoms with Gasteiger partial charge in [0.05, 0.1) is 11.5 Å². The van der Waals surface area contributed by atoms with Gasteiger partial charge in [-0.3, -0.25) is 0 Å². The van der Waals surface area contributed by atoms with Crippen LogP contribution in [-0.2, 0) is 10.3 Å². The number of aromatic hydroxyl groups is 1. The van der Waals surface area contributed by atoms with Crippen LogP contribution in [-0.4, -0.2) is 37.7 Å². The number of phenols is 1. The summed E-state index contributed by atoms with van der Waals surface area (Å²) >= 11 is 0. The maximum atomic E-state index is 12.9. The number of ether oxygens (including phenoxy) is 2. The third-order valence-electron chi connectivity index (χ3n) is 5.59. The molecule has 1 aliphatic carbocycles. The van der Waals surface area contributed by atoms with E-state index in [1.807, 2.05) is 0 Å². The van der Waals surface area contributed by atoms with Gasteiger partial charge in [-0.1, -0.05) is 6.08 Å². The molecule has 3 aromatic rings. The van der Waals surface area contributed by atoms with Gasteiger partial charge in [-0.05, 0) is 36.4 Å². The first-order valence-corrected chi connectivity index (χ1v) is 8.74. The van der Waals surface area contributed by atoms with Gasteiger partial charge < -0.3 is 19.7 Å². The number of nitrogens with one attached hydrogen (secondary N) is 1. The van der Waals surface area contributed by atoms with Crippen molar-refractivity contribution in [2.24, 2.45) is 5.92 Å². The molecule has 8 heteroatoms. The van der Waals surface area contributed by atoms with Crippen LogP contribution in [0, 0.1) is 5.92 Å². The molecule has 8 nitrogen and oxygen atoms in total. The number of esters is 1. The minimum absolute atomic E-state index is 0.0309. The first-order chi connectivity index (χ1) is 13.6. The zero-order valence-corrected chi connectivity index (χ0v) is 14.3. The Labute approximate surface area is 157 Å². The summed E-state index contributed by atoms with van der Waals surface area (Å²) in [4.78, 5) is 12.9. The molecule has 2 aliphatic heterocycles. The smallest absolute Gasteiger partial charge is 0.339 e. The highest BCUT2D eigenvalue weighted by Crippen LogP contribution is 2.56. The number of fused-ring (bicyclic) bond motifs is 7. The largest absolute Gasteiger partial charge is 0.508 e. The zero-order chi connectivity index (χ0) is 19.0. The Morgan fingerprint density at radius 1 is 1.07 bits per heavy atom. The van der Waals surface area contributed by atoms with Crippen molar-refractivity contribution in [1.82, 2.24) is 15.4 Å². The van der Waals surface area contributed by atoms with Crippen LogP contribution in [0.5, 0.6) is 11.5 Å². The summed E-state index contributed by atoms with van der Waals surface area (Å²) in [5.74, 6) is -0.386. The number of carbonyl (C=O) groups excluding carboxylic acids is 1. The number of H-pyrrole nitrogens is 1. The number of hydrogen-bond donors (Lipinski definition) is 3. The molecule has 0 fully saturated rings. The van der Waals surface area contributed by atoms with Gasteiger partial charge in [-0.15, -0.1) is 0 Å². The quantitative estimate of drug-likeness (QED) is 0.517. The Morgan fingerprint density at radius 3 is 2.75 bits per heavy atom. The van der Waals surface area contributed by atoms with Crippen LogP contribution in [0.2, 0.25) is 0 Å². The van der Waals surface area contributed by atoms with E-state index in [2.05, 4.69) is 15.4 Å². The van der Waals surface area contributed by atoms with Gasteiger partial charge in [0.1, 0.15) is 34.4 Å². The number of phenolic OH excluding ortho intramolecular Hbond substituents is 1. The maximum Gasteiger partial charge on any atom is 0.339 e. The molecule has 1 spiro atoms. The van der Waals surface area contributed by atoms with Crippen molar-refractivity contribution in [3.8, 4) is 11.5 Å². The molecule has 2 aromatic carbocycles. The van der Waals surface area contributed by atoms with Gasteiger partial charge in [-0.25, -0.2) is 4.79 Å². The van der Waals surface area contributed by atoms with Crippen LogP contribution in [0.1, 0.15) is 21.5 Å². The summed E-state index contributed by atoms with van der Waals surface area (Å²) in [5, 5.41) is 30.7. The van der Waals surface area contributed by atoms with E-state index in [0.717, 1.165) is 0 Å². The van der Waals surface area contributed by atoms with Crippen LogP contribution >= 0.6 is 0 Å². The normalized spacial score (nSPS) is 27.0. The standard InChI is InChI=1S/C20H13N3O5/c24-9-1-3-12-17(5-9)27-18-6-10(25)2-4-13(18)20(12)14-8-16-15(21-23-22-16)7-11(14)19(26)28-20/h1-8,12,17,24-25H,(H,21,22,23).